The molecule has 0 saturated heterocycles. The molecule has 8 aromatic carbocycles. The van der Waals surface area contributed by atoms with Gasteiger partial charge in [0.1, 0.15) is 0 Å². The van der Waals surface area contributed by atoms with E-state index in [1.54, 1.807) is 0 Å². The first-order chi connectivity index (χ1) is 24.3. The fourth-order valence-electron chi connectivity index (χ4n) is 7.36. The molecule has 0 aliphatic heterocycles. The zero-order valence-corrected chi connectivity index (χ0v) is 26.5. The predicted octanol–water partition coefficient (Wildman–Crippen LogP) is 11.4. The van der Waals surface area contributed by atoms with E-state index in [1.165, 1.54) is 26.9 Å². The van der Waals surface area contributed by atoms with Crippen molar-refractivity contribution in [2.45, 2.75) is 0 Å². The Morgan fingerprint density at radius 3 is 1.73 bits per heavy atom. The van der Waals surface area contributed by atoms with Gasteiger partial charge in [-0.15, -0.1) is 0 Å². The lowest BCUT2D eigenvalue weighted by Crippen LogP contribution is -2.01. The molecule has 2 aromatic heterocycles. The topological polar surface area (TPSA) is 43.6 Å². The number of nitrogens with zero attached hydrogens (tertiary/aromatic N) is 4. The van der Waals surface area contributed by atoms with E-state index in [4.69, 9.17) is 15.0 Å². The van der Waals surface area contributed by atoms with Gasteiger partial charge in [-0.25, -0.2) is 15.0 Å². The van der Waals surface area contributed by atoms with Crippen LogP contribution in [0, 0.1) is 0 Å². The molecule has 0 aliphatic carbocycles. The van der Waals surface area contributed by atoms with Crippen LogP contribution < -0.4 is 0 Å². The number of fused-ring (bicyclic) bond motifs is 7. The normalized spacial score (nSPS) is 11.7. The van der Waals surface area contributed by atoms with Crippen LogP contribution in [0.25, 0.3) is 94.0 Å². The van der Waals surface area contributed by atoms with Crippen molar-refractivity contribution < 1.29 is 0 Å². The Balaban J connectivity index is 1.28. The number of benzene rings is 8. The van der Waals surface area contributed by atoms with Gasteiger partial charge in [-0.2, -0.15) is 0 Å². The third-order valence-electron chi connectivity index (χ3n) is 9.61. The van der Waals surface area contributed by atoms with Crippen LogP contribution in [0.15, 0.2) is 170 Å². The summed E-state index contributed by atoms with van der Waals surface area (Å²) in [7, 11) is 0. The van der Waals surface area contributed by atoms with Crippen molar-refractivity contribution in [1.82, 2.24) is 19.5 Å². The lowest BCUT2D eigenvalue weighted by molar-refractivity contribution is 1.08. The van der Waals surface area contributed by atoms with E-state index >= 15 is 0 Å². The van der Waals surface area contributed by atoms with E-state index in [0.717, 1.165) is 49.6 Å². The maximum atomic E-state index is 5.31. The molecule has 0 saturated carbocycles. The molecule has 0 radical (unpaired) electrons. The Bertz CT molecular complexity index is 2870. The van der Waals surface area contributed by atoms with Crippen molar-refractivity contribution in [2.75, 3.05) is 0 Å². The molecular weight excluding hydrogens is 597 g/mol. The van der Waals surface area contributed by atoms with Gasteiger partial charge in [0.2, 0.25) is 0 Å². The van der Waals surface area contributed by atoms with E-state index in [1.807, 2.05) is 18.2 Å². The maximum absolute atomic E-state index is 5.31. The molecule has 2 heterocycles. The van der Waals surface area contributed by atoms with E-state index in [-0.39, 0.29) is 0 Å². The summed E-state index contributed by atoms with van der Waals surface area (Å²) < 4.78 is 2.33. The molecule has 10 aromatic rings. The van der Waals surface area contributed by atoms with Crippen molar-refractivity contribution in [3.63, 3.8) is 0 Å². The SMILES string of the molecule is c1ccc(-c2nc(-c3ccc4c5ccccc5n(-c5ccccc5)c4c3)nc(-c3c4ccccc4cc4c3ccc3ccccc34)n2)cc1. The minimum Gasteiger partial charge on any atom is -0.309 e. The molecule has 0 spiro atoms. The Morgan fingerprint density at radius 2 is 0.918 bits per heavy atom. The Labute approximate surface area is 282 Å². The van der Waals surface area contributed by atoms with Crippen LogP contribution in [0.4, 0.5) is 0 Å². The number of aromatic nitrogens is 4. The number of hydrogen-bond acceptors (Lipinski definition) is 3. The van der Waals surface area contributed by atoms with Crippen molar-refractivity contribution >= 4 is 54.1 Å². The molecule has 228 valence electrons. The van der Waals surface area contributed by atoms with E-state index in [9.17, 15) is 0 Å². The largest absolute Gasteiger partial charge is 0.309 e. The maximum Gasteiger partial charge on any atom is 0.165 e. The van der Waals surface area contributed by atoms with Gasteiger partial charge < -0.3 is 4.57 Å². The highest BCUT2D eigenvalue weighted by Gasteiger charge is 2.19. The molecule has 0 aliphatic rings. The third-order valence-corrected chi connectivity index (χ3v) is 9.61. The van der Waals surface area contributed by atoms with Gasteiger partial charge in [0, 0.05) is 33.2 Å². The second-order valence-electron chi connectivity index (χ2n) is 12.4. The number of para-hydroxylation sites is 2. The van der Waals surface area contributed by atoms with E-state index < -0.39 is 0 Å². The monoisotopic (exact) mass is 624 g/mol. The third kappa shape index (κ3) is 4.42. The summed E-state index contributed by atoms with van der Waals surface area (Å²) in [4.78, 5) is 15.7. The van der Waals surface area contributed by atoms with Gasteiger partial charge in [0.05, 0.1) is 11.0 Å². The van der Waals surface area contributed by atoms with Crippen LogP contribution in [0.3, 0.4) is 0 Å². The predicted molar refractivity (Wildman–Crippen MR) is 203 cm³/mol. The minimum absolute atomic E-state index is 0.637. The van der Waals surface area contributed by atoms with E-state index in [2.05, 4.69) is 156 Å². The average molecular weight is 625 g/mol. The molecule has 0 bridgehead atoms. The second-order valence-corrected chi connectivity index (χ2v) is 12.4. The summed E-state index contributed by atoms with van der Waals surface area (Å²) in [6, 6.07) is 59.7. The van der Waals surface area contributed by atoms with Crippen molar-refractivity contribution in [1.29, 1.82) is 0 Å². The first-order valence-corrected chi connectivity index (χ1v) is 16.5. The highest BCUT2D eigenvalue weighted by Crippen LogP contribution is 2.40. The Morgan fingerprint density at radius 1 is 0.327 bits per heavy atom. The van der Waals surface area contributed by atoms with Crippen LogP contribution in [-0.4, -0.2) is 19.5 Å². The Hall–Kier alpha value is -6.65. The molecule has 0 fully saturated rings. The zero-order valence-electron chi connectivity index (χ0n) is 26.5. The van der Waals surface area contributed by atoms with Gasteiger partial charge in [-0.1, -0.05) is 140 Å². The van der Waals surface area contributed by atoms with Crippen molar-refractivity contribution in [2.24, 2.45) is 0 Å². The summed E-state index contributed by atoms with van der Waals surface area (Å²) in [5, 5.41) is 9.39. The molecule has 0 amide bonds. The molecule has 0 atom stereocenters. The van der Waals surface area contributed by atoms with Crippen molar-refractivity contribution in [3.05, 3.63) is 170 Å². The van der Waals surface area contributed by atoms with Crippen LogP contribution in [0.5, 0.6) is 0 Å². The van der Waals surface area contributed by atoms with Crippen molar-refractivity contribution in [3.8, 4) is 39.9 Å². The van der Waals surface area contributed by atoms with Gasteiger partial charge in [-0.05, 0) is 62.6 Å². The van der Waals surface area contributed by atoms with Gasteiger partial charge in [-0.3, -0.25) is 0 Å². The lowest BCUT2D eigenvalue weighted by Gasteiger charge is -2.15. The summed E-state index contributed by atoms with van der Waals surface area (Å²) in [5.74, 6) is 1.94. The first-order valence-electron chi connectivity index (χ1n) is 16.5. The Kier molecular flexibility index (Phi) is 6.15. The fourth-order valence-corrected chi connectivity index (χ4v) is 7.36. The van der Waals surface area contributed by atoms with Crippen LogP contribution in [0.1, 0.15) is 0 Å². The number of hydrogen-bond donors (Lipinski definition) is 0. The summed E-state index contributed by atoms with van der Waals surface area (Å²) in [5.41, 5.74) is 6.28. The molecular formula is C45H28N4. The van der Waals surface area contributed by atoms with E-state index in [0.29, 0.717) is 17.5 Å². The second kappa shape index (κ2) is 11.0. The van der Waals surface area contributed by atoms with Crippen LogP contribution >= 0.6 is 0 Å². The van der Waals surface area contributed by atoms with Crippen LogP contribution in [-0.2, 0) is 0 Å². The molecule has 49 heavy (non-hydrogen) atoms. The summed E-state index contributed by atoms with van der Waals surface area (Å²) >= 11 is 0. The molecule has 0 unspecified atom stereocenters. The molecule has 4 nitrogen and oxygen atoms in total. The lowest BCUT2D eigenvalue weighted by atomic mass is 9.93. The standard InChI is InChI=1S/C45H28N4/c1-3-14-30(15-4-1)43-46-44(32-24-25-37-36-21-11-12-22-40(36)49(41(37)28-32)33-17-5-2-6-18-33)48-45(47-43)42-35-20-10-8-16-31(35)27-39-34-19-9-7-13-29(34)23-26-38(39)42/h1-28H. The minimum atomic E-state index is 0.637. The number of rotatable bonds is 4. The molecule has 0 N–H and O–H groups in total. The highest BCUT2D eigenvalue weighted by atomic mass is 15.0. The quantitative estimate of drug-likeness (QED) is 0.145. The van der Waals surface area contributed by atoms with Gasteiger partial charge >= 0.3 is 0 Å². The smallest absolute Gasteiger partial charge is 0.165 e. The summed E-state index contributed by atoms with van der Waals surface area (Å²) in [6.07, 6.45) is 0. The average Bonchev–Trinajstić information content (AvgIpc) is 3.51. The van der Waals surface area contributed by atoms with Crippen LogP contribution in [0.2, 0.25) is 0 Å². The first kappa shape index (κ1) is 27.5. The molecule has 10 rings (SSSR count). The fraction of sp³-hybridized carbons (Fsp3) is 0. The van der Waals surface area contributed by atoms with Gasteiger partial charge in [0.15, 0.2) is 17.5 Å². The van der Waals surface area contributed by atoms with Gasteiger partial charge in [0.25, 0.3) is 0 Å². The highest BCUT2D eigenvalue weighted by molar-refractivity contribution is 6.19. The molecule has 4 heteroatoms. The zero-order chi connectivity index (χ0) is 32.3. The summed E-state index contributed by atoms with van der Waals surface area (Å²) in [6.45, 7) is 0.